The van der Waals surface area contributed by atoms with Crippen LogP contribution in [0.25, 0.3) is 0 Å². The molecule has 0 radical (unpaired) electrons. The molecule has 0 aromatic heterocycles. The van der Waals surface area contributed by atoms with Crippen LogP contribution in [0.3, 0.4) is 0 Å². The van der Waals surface area contributed by atoms with E-state index in [4.69, 9.17) is 4.74 Å². The van der Waals surface area contributed by atoms with E-state index >= 15 is 0 Å². The Hall–Kier alpha value is -0.120. The van der Waals surface area contributed by atoms with Gasteiger partial charge >= 0.3 is 0 Å². The minimum atomic E-state index is 0.556. The third kappa shape index (κ3) is 2.67. The van der Waals surface area contributed by atoms with Crippen molar-refractivity contribution in [3.05, 3.63) is 0 Å². The molecular weight excluding hydrogens is 212 g/mol. The Morgan fingerprint density at radius 2 is 1.65 bits per heavy atom. The van der Waals surface area contributed by atoms with Crippen molar-refractivity contribution in [2.75, 3.05) is 19.6 Å². The zero-order valence-electron chi connectivity index (χ0n) is 11.0. The van der Waals surface area contributed by atoms with Crippen LogP contribution in [-0.4, -0.2) is 48.8 Å². The number of fused-ring (bicyclic) bond motifs is 2. The van der Waals surface area contributed by atoms with Crippen LogP contribution in [0.4, 0.5) is 0 Å². The van der Waals surface area contributed by atoms with Crippen LogP contribution in [0, 0.1) is 0 Å². The Morgan fingerprint density at radius 1 is 1.00 bits per heavy atom. The maximum Gasteiger partial charge on any atom is 0.0707 e. The Balaban J connectivity index is 1.49. The first-order chi connectivity index (χ1) is 8.35. The normalized spacial score (nSPS) is 42.9. The van der Waals surface area contributed by atoms with Crippen LogP contribution in [0.1, 0.15) is 45.4 Å². The van der Waals surface area contributed by atoms with Crippen molar-refractivity contribution in [2.45, 2.75) is 69.7 Å². The van der Waals surface area contributed by atoms with Gasteiger partial charge in [0.05, 0.1) is 12.2 Å². The average Bonchev–Trinajstić information content (AvgIpc) is 2.70. The molecule has 0 spiro atoms. The van der Waals surface area contributed by atoms with E-state index in [0.717, 1.165) is 18.6 Å². The topological polar surface area (TPSA) is 24.5 Å². The SMILES string of the molecule is CCNC1CCC(N2CC3CCC(C2)O3)CC1. The summed E-state index contributed by atoms with van der Waals surface area (Å²) in [4.78, 5) is 2.73. The molecule has 17 heavy (non-hydrogen) atoms. The van der Waals surface area contributed by atoms with Crippen LogP contribution >= 0.6 is 0 Å². The molecule has 3 fully saturated rings. The molecule has 0 aromatic rings. The highest BCUT2D eigenvalue weighted by molar-refractivity contribution is 4.90. The van der Waals surface area contributed by atoms with Crippen molar-refractivity contribution in [1.29, 1.82) is 0 Å². The molecule has 0 amide bonds. The summed E-state index contributed by atoms with van der Waals surface area (Å²) in [6.45, 7) is 5.74. The van der Waals surface area contributed by atoms with Gasteiger partial charge in [0.15, 0.2) is 0 Å². The standard InChI is InChI=1S/C14H26N2O/c1-2-15-11-3-5-12(6-4-11)16-9-13-7-8-14(10-16)17-13/h11-15H,2-10H2,1H3. The van der Waals surface area contributed by atoms with Gasteiger partial charge in [0.2, 0.25) is 0 Å². The van der Waals surface area contributed by atoms with E-state index in [1.807, 2.05) is 0 Å². The van der Waals surface area contributed by atoms with E-state index in [9.17, 15) is 0 Å². The fourth-order valence-corrected chi connectivity index (χ4v) is 3.88. The Bertz CT molecular complexity index is 239. The highest BCUT2D eigenvalue weighted by atomic mass is 16.5. The van der Waals surface area contributed by atoms with Crippen molar-refractivity contribution in [2.24, 2.45) is 0 Å². The third-order valence-electron chi connectivity index (χ3n) is 4.78. The Kier molecular flexibility index (Phi) is 3.69. The van der Waals surface area contributed by atoms with Gasteiger partial charge in [-0.1, -0.05) is 6.92 Å². The molecule has 2 aliphatic heterocycles. The Labute approximate surface area is 105 Å². The zero-order valence-corrected chi connectivity index (χ0v) is 11.0. The lowest BCUT2D eigenvalue weighted by Crippen LogP contribution is -2.50. The van der Waals surface area contributed by atoms with Crippen LogP contribution in [0.15, 0.2) is 0 Å². The highest BCUT2D eigenvalue weighted by Crippen LogP contribution is 2.31. The van der Waals surface area contributed by atoms with E-state index in [-0.39, 0.29) is 0 Å². The summed E-state index contributed by atoms with van der Waals surface area (Å²) >= 11 is 0. The van der Waals surface area contributed by atoms with Gasteiger partial charge in [0.1, 0.15) is 0 Å². The lowest BCUT2D eigenvalue weighted by atomic mass is 9.89. The van der Waals surface area contributed by atoms with Crippen molar-refractivity contribution in [3.8, 4) is 0 Å². The summed E-state index contributed by atoms with van der Waals surface area (Å²) in [7, 11) is 0. The lowest BCUT2D eigenvalue weighted by Gasteiger charge is -2.41. The second kappa shape index (κ2) is 5.25. The molecule has 1 aliphatic carbocycles. The van der Waals surface area contributed by atoms with Gasteiger partial charge in [-0.25, -0.2) is 0 Å². The zero-order chi connectivity index (χ0) is 11.7. The first-order valence-corrected chi connectivity index (χ1v) is 7.48. The highest BCUT2D eigenvalue weighted by Gasteiger charge is 2.37. The van der Waals surface area contributed by atoms with Crippen molar-refractivity contribution in [3.63, 3.8) is 0 Å². The van der Waals surface area contributed by atoms with E-state index in [1.165, 1.54) is 51.6 Å². The minimum absolute atomic E-state index is 0.556. The quantitative estimate of drug-likeness (QED) is 0.811. The predicted octanol–water partition coefficient (Wildman–Crippen LogP) is 1.77. The minimum Gasteiger partial charge on any atom is -0.372 e. The number of nitrogens with zero attached hydrogens (tertiary/aromatic N) is 1. The third-order valence-corrected chi connectivity index (χ3v) is 4.78. The number of rotatable bonds is 3. The summed E-state index contributed by atoms with van der Waals surface area (Å²) in [5.41, 5.74) is 0. The van der Waals surface area contributed by atoms with Crippen LogP contribution < -0.4 is 5.32 Å². The van der Waals surface area contributed by atoms with Crippen molar-refractivity contribution >= 4 is 0 Å². The maximum atomic E-state index is 5.92. The molecule has 3 nitrogen and oxygen atoms in total. The molecule has 3 heteroatoms. The Morgan fingerprint density at radius 3 is 2.24 bits per heavy atom. The summed E-state index contributed by atoms with van der Waals surface area (Å²) < 4.78 is 5.92. The number of hydrogen-bond acceptors (Lipinski definition) is 3. The summed E-state index contributed by atoms with van der Waals surface area (Å²) in [6, 6.07) is 1.63. The van der Waals surface area contributed by atoms with E-state index < -0.39 is 0 Å². The lowest BCUT2D eigenvalue weighted by molar-refractivity contribution is -0.0581. The van der Waals surface area contributed by atoms with Crippen LogP contribution in [-0.2, 0) is 4.74 Å². The number of likely N-dealkylation sites (tertiary alicyclic amines) is 1. The number of nitrogens with one attached hydrogen (secondary N) is 1. The van der Waals surface area contributed by atoms with Crippen LogP contribution in [0.5, 0.6) is 0 Å². The van der Waals surface area contributed by atoms with E-state index in [2.05, 4.69) is 17.1 Å². The molecule has 2 saturated heterocycles. The second-order valence-corrected chi connectivity index (χ2v) is 5.97. The summed E-state index contributed by atoms with van der Waals surface area (Å²) in [6.07, 6.45) is 9.22. The molecule has 2 heterocycles. The van der Waals surface area contributed by atoms with Crippen molar-refractivity contribution < 1.29 is 4.74 Å². The van der Waals surface area contributed by atoms with E-state index in [1.54, 1.807) is 0 Å². The fraction of sp³-hybridized carbons (Fsp3) is 1.00. The van der Waals surface area contributed by atoms with Gasteiger partial charge < -0.3 is 10.1 Å². The molecule has 0 aromatic carbocycles. The molecule has 2 bridgehead atoms. The average molecular weight is 238 g/mol. The van der Waals surface area contributed by atoms with Gasteiger partial charge in [0, 0.05) is 25.2 Å². The smallest absolute Gasteiger partial charge is 0.0707 e. The van der Waals surface area contributed by atoms with Gasteiger partial charge in [-0.2, -0.15) is 0 Å². The summed E-state index contributed by atoms with van der Waals surface area (Å²) in [5, 5.41) is 3.59. The second-order valence-electron chi connectivity index (χ2n) is 5.97. The molecule has 1 N–H and O–H groups in total. The fourth-order valence-electron chi connectivity index (χ4n) is 3.88. The molecule has 3 aliphatic rings. The molecule has 98 valence electrons. The molecule has 1 saturated carbocycles. The molecule has 2 atom stereocenters. The van der Waals surface area contributed by atoms with Gasteiger partial charge in [-0.15, -0.1) is 0 Å². The van der Waals surface area contributed by atoms with Crippen molar-refractivity contribution in [1.82, 2.24) is 10.2 Å². The molecule has 2 unspecified atom stereocenters. The predicted molar refractivity (Wildman–Crippen MR) is 69.2 cm³/mol. The van der Waals surface area contributed by atoms with Gasteiger partial charge in [0.25, 0.3) is 0 Å². The maximum absolute atomic E-state index is 5.92. The number of hydrogen-bond donors (Lipinski definition) is 1. The number of ether oxygens (including phenoxy) is 1. The van der Waals surface area contributed by atoms with Gasteiger partial charge in [-0.05, 0) is 45.1 Å². The first kappa shape index (κ1) is 11.9. The van der Waals surface area contributed by atoms with Gasteiger partial charge in [-0.3, -0.25) is 4.90 Å². The first-order valence-electron chi connectivity index (χ1n) is 7.48. The molecule has 3 rings (SSSR count). The summed E-state index contributed by atoms with van der Waals surface area (Å²) in [5.74, 6) is 0. The molecular formula is C14H26N2O. The van der Waals surface area contributed by atoms with Crippen LogP contribution in [0.2, 0.25) is 0 Å². The number of morpholine rings is 1. The largest absolute Gasteiger partial charge is 0.372 e. The van der Waals surface area contributed by atoms with E-state index in [0.29, 0.717) is 12.2 Å². The monoisotopic (exact) mass is 238 g/mol.